The van der Waals surface area contributed by atoms with Gasteiger partial charge in [-0.2, -0.15) is 0 Å². The van der Waals surface area contributed by atoms with Crippen LogP contribution < -0.4 is 5.32 Å². The Labute approximate surface area is 92.3 Å². The molecule has 3 fully saturated rings. The Bertz CT molecular complexity index is 159. The number of halogens is 2. The second-order valence-electron chi connectivity index (χ2n) is 4.26. The minimum Gasteiger partial charge on any atom is -0.315 e. The van der Waals surface area contributed by atoms with E-state index in [0.717, 1.165) is 18.0 Å². The van der Waals surface area contributed by atoms with Gasteiger partial charge in [0.25, 0.3) is 0 Å². The molecule has 0 bridgehead atoms. The number of nitrogens with zero attached hydrogens (tertiary/aromatic N) is 1. The Balaban J connectivity index is 0.000000422. The van der Waals surface area contributed by atoms with Crippen LogP contribution >= 0.6 is 24.8 Å². The van der Waals surface area contributed by atoms with Gasteiger partial charge in [-0.3, -0.25) is 4.90 Å². The maximum Gasteiger partial charge on any atom is 0.0264 e. The lowest BCUT2D eigenvalue weighted by atomic mass is 10.0. The van der Waals surface area contributed by atoms with Crippen LogP contribution in [0.4, 0.5) is 0 Å². The highest BCUT2D eigenvalue weighted by molar-refractivity contribution is 5.85. The van der Waals surface area contributed by atoms with E-state index in [1.165, 1.54) is 38.9 Å². The molecule has 3 atom stereocenters. The summed E-state index contributed by atoms with van der Waals surface area (Å²) in [7, 11) is 0. The van der Waals surface area contributed by atoms with Gasteiger partial charge in [-0.05, 0) is 38.3 Å². The fourth-order valence-corrected chi connectivity index (χ4v) is 3.24. The van der Waals surface area contributed by atoms with Crippen LogP contribution in [0.25, 0.3) is 0 Å². The number of rotatable bonds is 0. The van der Waals surface area contributed by atoms with Gasteiger partial charge in [0.05, 0.1) is 0 Å². The Morgan fingerprint density at radius 3 is 2.85 bits per heavy atom. The van der Waals surface area contributed by atoms with Crippen LogP contribution in [0.2, 0.25) is 0 Å². The first-order valence-electron chi connectivity index (χ1n) is 4.91. The van der Waals surface area contributed by atoms with Crippen molar-refractivity contribution in [3.05, 3.63) is 0 Å². The molecule has 0 aromatic heterocycles. The summed E-state index contributed by atoms with van der Waals surface area (Å²) in [5.41, 5.74) is 0. The highest BCUT2D eigenvalue weighted by Gasteiger charge is 2.44. The van der Waals surface area contributed by atoms with E-state index in [9.17, 15) is 0 Å². The lowest BCUT2D eigenvalue weighted by molar-refractivity contribution is 0.246. The molecule has 0 saturated carbocycles. The Morgan fingerprint density at radius 2 is 2.00 bits per heavy atom. The molecule has 0 aromatic rings. The zero-order chi connectivity index (χ0) is 7.26. The van der Waals surface area contributed by atoms with Crippen molar-refractivity contribution >= 4 is 24.8 Å². The molecule has 13 heavy (non-hydrogen) atoms. The van der Waals surface area contributed by atoms with Gasteiger partial charge < -0.3 is 5.32 Å². The van der Waals surface area contributed by atoms with Crippen LogP contribution in [0.1, 0.15) is 19.3 Å². The predicted octanol–water partition coefficient (Wildman–Crippen LogP) is 1.29. The second kappa shape index (κ2) is 4.35. The summed E-state index contributed by atoms with van der Waals surface area (Å²) >= 11 is 0. The molecule has 3 rings (SSSR count). The first-order valence-corrected chi connectivity index (χ1v) is 4.91. The molecule has 0 aromatic carbocycles. The summed E-state index contributed by atoms with van der Waals surface area (Å²) in [6.45, 7) is 3.94. The Kier molecular flexibility index (Phi) is 3.87. The first-order chi connectivity index (χ1) is 5.45. The summed E-state index contributed by atoms with van der Waals surface area (Å²) in [5, 5.41) is 3.50. The van der Waals surface area contributed by atoms with Crippen molar-refractivity contribution in [2.24, 2.45) is 5.92 Å². The Morgan fingerprint density at radius 1 is 1.15 bits per heavy atom. The van der Waals surface area contributed by atoms with Crippen molar-refractivity contribution in [2.75, 3.05) is 19.6 Å². The lowest BCUT2D eigenvalue weighted by Crippen LogP contribution is -2.35. The topological polar surface area (TPSA) is 15.3 Å². The fourth-order valence-electron chi connectivity index (χ4n) is 3.24. The minimum absolute atomic E-state index is 0. The van der Waals surface area contributed by atoms with Crippen molar-refractivity contribution < 1.29 is 0 Å². The third kappa shape index (κ3) is 1.70. The summed E-state index contributed by atoms with van der Waals surface area (Å²) in [4.78, 5) is 2.75. The highest BCUT2D eigenvalue weighted by atomic mass is 35.5. The summed E-state index contributed by atoms with van der Waals surface area (Å²) in [6.07, 6.45) is 4.42. The van der Waals surface area contributed by atoms with Crippen molar-refractivity contribution in [3.63, 3.8) is 0 Å². The van der Waals surface area contributed by atoms with Gasteiger partial charge >= 0.3 is 0 Å². The number of nitrogens with one attached hydrogen (secondary N) is 1. The fraction of sp³-hybridized carbons (Fsp3) is 1.00. The third-order valence-electron chi connectivity index (χ3n) is 3.73. The molecule has 4 heteroatoms. The van der Waals surface area contributed by atoms with Crippen LogP contribution in [0, 0.1) is 5.92 Å². The van der Waals surface area contributed by atoms with Gasteiger partial charge in [-0.25, -0.2) is 0 Å². The van der Waals surface area contributed by atoms with Gasteiger partial charge in [0.15, 0.2) is 0 Å². The number of fused-ring (bicyclic) bond motifs is 3. The molecule has 3 saturated heterocycles. The summed E-state index contributed by atoms with van der Waals surface area (Å²) < 4.78 is 0. The average molecular weight is 225 g/mol. The minimum atomic E-state index is 0. The molecule has 1 N–H and O–H groups in total. The molecule has 0 aliphatic carbocycles. The summed E-state index contributed by atoms with van der Waals surface area (Å²) in [6, 6.07) is 1.90. The van der Waals surface area contributed by atoms with Gasteiger partial charge in [-0.1, -0.05) is 0 Å². The van der Waals surface area contributed by atoms with Crippen LogP contribution in [0.5, 0.6) is 0 Å². The SMILES string of the molecule is C1CC2CC3CNCC3N2C1.Cl.Cl. The maximum atomic E-state index is 3.50. The van der Waals surface area contributed by atoms with Gasteiger partial charge in [0.1, 0.15) is 0 Å². The summed E-state index contributed by atoms with van der Waals surface area (Å²) in [5.74, 6) is 1.00. The normalized spacial score (nSPS) is 42.0. The van der Waals surface area contributed by atoms with E-state index < -0.39 is 0 Å². The monoisotopic (exact) mass is 224 g/mol. The Hall–Kier alpha value is 0.500. The largest absolute Gasteiger partial charge is 0.315 e. The zero-order valence-electron chi connectivity index (χ0n) is 7.74. The molecule has 78 valence electrons. The first kappa shape index (κ1) is 11.6. The van der Waals surface area contributed by atoms with E-state index in [-0.39, 0.29) is 24.8 Å². The maximum absolute atomic E-state index is 3.50. The van der Waals surface area contributed by atoms with Gasteiger partial charge in [0.2, 0.25) is 0 Å². The number of hydrogen-bond acceptors (Lipinski definition) is 2. The standard InChI is InChI=1S/C9H16N2.2ClH/c1-2-8-4-7-5-10-6-9(7)11(8)3-1;;/h7-10H,1-6H2;2*1H. The second-order valence-corrected chi connectivity index (χ2v) is 4.26. The molecular weight excluding hydrogens is 207 g/mol. The molecule has 0 amide bonds. The van der Waals surface area contributed by atoms with Crippen molar-refractivity contribution in [1.82, 2.24) is 10.2 Å². The van der Waals surface area contributed by atoms with Crippen molar-refractivity contribution in [1.29, 1.82) is 0 Å². The van der Waals surface area contributed by atoms with Crippen LogP contribution in [0.3, 0.4) is 0 Å². The molecule has 3 aliphatic heterocycles. The van der Waals surface area contributed by atoms with Crippen molar-refractivity contribution in [3.8, 4) is 0 Å². The van der Waals surface area contributed by atoms with Crippen LogP contribution in [-0.2, 0) is 0 Å². The molecule has 3 aliphatic rings. The zero-order valence-corrected chi connectivity index (χ0v) is 9.37. The third-order valence-corrected chi connectivity index (χ3v) is 3.73. The van der Waals surface area contributed by atoms with E-state index in [4.69, 9.17) is 0 Å². The highest BCUT2D eigenvalue weighted by Crippen LogP contribution is 2.37. The molecule has 3 unspecified atom stereocenters. The molecule has 0 radical (unpaired) electrons. The van der Waals surface area contributed by atoms with Crippen molar-refractivity contribution in [2.45, 2.75) is 31.3 Å². The quantitative estimate of drug-likeness (QED) is 0.668. The molecule has 2 nitrogen and oxygen atoms in total. The van der Waals surface area contributed by atoms with E-state index in [0.29, 0.717) is 0 Å². The smallest absolute Gasteiger partial charge is 0.0264 e. The van der Waals surface area contributed by atoms with E-state index in [1.54, 1.807) is 0 Å². The molecule has 3 heterocycles. The van der Waals surface area contributed by atoms with Gasteiger partial charge in [0, 0.05) is 18.6 Å². The lowest BCUT2D eigenvalue weighted by Gasteiger charge is -2.21. The average Bonchev–Trinajstić information content (AvgIpc) is 2.52. The van der Waals surface area contributed by atoms with E-state index in [2.05, 4.69) is 10.2 Å². The number of hydrogen-bond donors (Lipinski definition) is 1. The molecular formula is C9H18Cl2N2. The van der Waals surface area contributed by atoms with E-state index in [1.807, 2.05) is 0 Å². The van der Waals surface area contributed by atoms with Gasteiger partial charge in [-0.15, -0.1) is 24.8 Å². The van der Waals surface area contributed by atoms with Crippen LogP contribution in [0.15, 0.2) is 0 Å². The predicted molar refractivity (Wildman–Crippen MR) is 59.0 cm³/mol. The van der Waals surface area contributed by atoms with E-state index >= 15 is 0 Å². The molecule has 0 spiro atoms. The van der Waals surface area contributed by atoms with Crippen LogP contribution in [-0.4, -0.2) is 36.6 Å².